The molecule has 0 aliphatic carbocycles. The van der Waals surface area contributed by atoms with Gasteiger partial charge in [-0.25, -0.2) is 4.79 Å². The lowest BCUT2D eigenvalue weighted by Crippen LogP contribution is -2.41. The van der Waals surface area contributed by atoms with E-state index in [1.807, 2.05) is 60.7 Å². The standard InChI is InChI=1S/C34H34ClN3O5/c35-27-16-11-25(12-17-27)22-43-31-21-26(32(39)38-30(34(41)42)19-14-24-9-5-2-6-10-24)15-20-29(31)37-33(40)28(36)18-13-23-7-3-1-4-8-23/h1-12,15-17,20-21,28,30H,13-14,18-19,22,36H2,(H,37,40)(H,38,39)(H,41,42)/t28-,30-/m0/s1. The summed E-state index contributed by atoms with van der Waals surface area (Å²) in [4.78, 5) is 38.0. The molecule has 0 heterocycles. The van der Waals surface area contributed by atoms with Crippen LogP contribution in [0.1, 0.15) is 39.9 Å². The summed E-state index contributed by atoms with van der Waals surface area (Å²) in [6.45, 7) is 0.139. The smallest absolute Gasteiger partial charge is 0.326 e. The first-order chi connectivity index (χ1) is 20.8. The Hall–Kier alpha value is -4.66. The molecule has 222 valence electrons. The van der Waals surface area contributed by atoms with Gasteiger partial charge in [-0.1, -0.05) is 84.4 Å². The van der Waals surface area contributed by atoms with Gasteiger partial charge >= 0.3 is 5.97 Å². The van der Waals surface area contributed by atoms with Gasteiger partial charge < -0.3 is 26.2 Å². The predicted octanol–water partition coefficient (Wildman–Crippen LogP) is 5.63. The molecule has 0 saturated carbocycles. The number of rotatable bonds is 14. The Labute approximate surface area is 255 Å². The zero-order valence-corrected chi connectivity index (χ0v) is 24.3. The third-order valence-electron chi connectivity index (χ3n) is 6.90. The van der Waals surface area contributed by atoms with Gasteiger partial charge in [0, 0.05) is 10.6 Å². The average molecular weight is 600 g/mol. The minimum atomic E-state index is -1.13. The zero-order chi connectivity index (χ0) is 30.6. The molecule has 0 spiro atoms. The topological polar surface area (TPSA) is 131 Å². The minimum Gasteiger partial charge on any atom is -0.487 e. The molecule has 4 rings (SSSR count). The Morgan fingerprint density at radius 1 is 0.791 bits per heavy atom. The molecule has 43 heavy (non-hydrogen) atoms. The van der Waals surface area contributed by atoms with Crippen molar-refractivity contribution in [3.63, 3.8) is 0 Å². The number of carboxylic acids is 1. The highest BCUT2D eigenvalue weighted by Crippen LogP contribution is 2.28. The van der Waals surface area contributed by atoms with Crippen LogP contribution in [0.25, 0.3) is 0 Å². The molecule has 0 unspecified atom stereocenters. The maximum atomic E-state index is 13.1. The summed E-state index contributed by atoms with van der Waals surface area (Å²) in [5.41, 5.74) is 9.59. The van der Waals surface area contributed by atoms with Crippen molar-refractivity contribution in [2.75, 3.05) is 5.32 Å². The lowest BCUT2D eigenvalue weighted by molar-refractivity contribution is -0.139. The number of halogens is 1. The lowest BCUT2D eigenvalue weighted by atomic mass is 10.0. The molecule has 0 fully saturated rings. The Kier molecular flexibility index (Phi) is 11.3. The van der Waals surface area contributed by atoms with Gasteiger partial charge in [0.2, 0.25) is 5.91 Å². The van der Waals surface area contributed by atoms with E-state index in [0.717, 1.165) is 16.7 Å². The first kappa shape index (κ1) is 31.3. The molecule has 0 aromatic heterocycles. The van der Waals surface area contributed by atoms with E-state index in [4.69, 9.17) is 22.1 Å². The van der Waals surface area contributed by atoms with Crippen LogP contribution in [0.5, 0.6) is 5.75 Å². The van der Waals surface area contributed by atoms with Crippen LogP contribution in [0.3, 0.4) is 0 Å². The van der Waals surface area contributed by atoms with Crippen molar-refractivity contribution in [2.45, 2.75) is 44.4 Å². The van der Waals surface area contributed by atoms with E-state index < -0.39 is 29.9 Å². The molecule has 2 atom stereocenters. The monoisotopic (exact) mass is 599 g/mol. The Balaban J connectivity index is 1.47. The number of ether oxygens (including phenoxy) is 1. The van der Waals surface area contributed by atoms with E-state index in [1.54, 1.807) is 30.3 Å². The van der Waals surface area contributed by atoms with Gasteiger partial charge in [-0.15, -0.1) is 0 Å². The van der Waals surface area contributed by atoms with Crippen LogP contribution in [0.4, 0.5) is 5.69 Å². The second kappa shape index (κ2) is 15.5. The fraction of sp³-hybridized carbons (Fsp3) is 0.206. The molecule has 4 aromatic rings. The largest absolute Gasteiger partial charge is 0.487 e. The zero-order valence-electron chi connectivity index (χ0n) is 23.5. The quantitative estimate of drug-likeness (QED) is 0.148. The molecule has 8 nitrogen and oxygen atoms in total. The first-order valence-corrected chi connectivity index (χ1v) is 14.4. The Bertz CT molecular complexity index is 1510. The van der Waals surface area contributed by atoms with Crippen molar-refractivity contribution in [3.8, 4) is 5.75 Å². The van der Waals surface area contributed by atoms with Crippen LogP contribution in [-0.2, 0) is 29.0 Å². The fourth-order valence-corrected chi connectivity index (χ4v) is 4.53. The van der Waals surface area contributed by atoms with E-state index >= 15 is 0 Å². The van der Waals surface area contributed by atoms with Gasteiger partial charge in [0.25, 0.3) is 5.91 Å². The maximum Gasteiger partial charge on any atom is 0.326 e. The third kappa shape index (κ3) is 9.70. The van der Waals surface area contributed by atoms with E-state index in [2.05, 4.69) is 10.6 Å². The van der Waals surface area contributed by atoms with Gasteiger partial charge in [0.15, 0.2) is 0 Å². The third-order valence-corrected chi connectivity index (χ3v) is 7.15. The average Bonchev–Trinajstić information content (AvgIpc) is 3.02. The van der Waals surface area contributed by atoms with Crippen LogP contribution in [0.15, 0.2) is 103 Å². The van der Waals surface area contributed by atoms with Crippen LogP contribution in [0.2, 0.25) is 5.02 Å². The SMILES string of the molecule is N[C@@H](CCc1ccccc1)C(=O)Nc1ccc(C(=O)N[C@@H](CCc2ccccc2)C(=O)O)cc1OCc1ccc(Cl)cc1. The normalized spacial score (nSPS) is 12.1. The predicted molar refractivity (Wildman–Crippen MR) is 167 cm³/mol. The number of anilines is 1. The summed E-state index contributed by atoms with van der Waals surface area (Å²) in [6, 6.07) is 29.0. The molecule has 9 heteroatoms. The highest BCUT2D eigenvalue weighted by molar-refractivity contribution is 6.30. The number of carboxylic acid groups (broad SMARTS) is 1. The summed E-state index contributed by atoms with van der Waals surface area (Å²) < 4.78 is 6.03. The number of aryl methyl sites for hydroxylation is 2. The Morgan fingerprint density at radius 2 is 1.40 bits per heavy atom. The molecule has 2 amide bonds. The van der Waals surface area contributed by atoms with Gasteiger partial charge in [-0.2, -0.15) is 0 Å². The van der Waals surface area contributed by atoms with Gasteiger partial charge in [-0.05, 0) is 72.7 Å². The molecule has 0 aliphatic rings. The minimum absolute atomic E-state index is 0.139. The first-order valence-electron chi connectivity index (χ1n) is 14.0. The molecule has 0 aliphatic heterocycles. The van der Waals surface area contributed by atoms with E-state index in [0.29, 0.717) is 30.0 Å². The van der Waals surface area contributed by atoms with Gasteiger partial charge in [-0.3, -0.25) is 9.59 Å². The number of carbonyl (C=O) groups is 3. The molecule has 5 N–H and O–H groups in total. The van der Waals surface area contributed by atoms with Crippen LogP contribution in [0, 0.1) is 0 Å². The van der Waals surface area contributed by atoms with Gasteiger partial charge in [0.1, 0.15) is 18.4 Å². The number of hydrogen-bond acceptors (Lipinski definition) is 5. The summed E-state index contributed by atoms with van der Waals surface area (Å²) in [5, 5.41) is 15.7. The highest BCUT2D eigenvalue weighted by atomic mass is 35.5. The molecule has 0 radical (unpaired) electrons. The molecule has 4 aromatic carbocycles. The number of aliphatic carboxylic acids is 1. The number of amides is 2. The van der Waals surface area contributed by atoms with E-state index in [1.165, 1.54) is 12.1 Å². The maximum absolute atomic E-state index is 13.1. The van der Waals surface area contributed by atoms with Crippen molar-refractivity contribution in [3.05, 3.63) is 130 Å². The molecular weight excluding hydrogens is 566 g/mol. The Morgan fingerprint density at radius 3 is 2.00 bits per heavy atom. The van der Waals surface area contributed by atoms with Crippen molar-refractivity contribution in [2.24, 2.45) is 5.73 Å². The number of nitrogens with two attached hydrogens (primary N) is 1. The van der Waals surface area contributed by atoms with Crippen molar-refractivity contribution < 1.29 is 24.2 Å². The summed E-state index contributed by atoms with van der Waals surface area (Å²) in [7, 11) is 0. The molecular formula is C34H34ClN3O5. The summed E-state index contributed by atoms with van der Waals surface area (Å²) in [6.07, 6.45) is 1.80. The summed E-state index contributed by atoms with van der Waals surface area (Å²) in [5.74, 6) is -1.86. The number of nitrogens with one attached hydrogen (secondary N) is 2. The lowest BCUT2D eigenvalue weighted by Gasteiger charge is -2.18. The number of carbonyl (C=O) groups excluding carboxylic acids is 2. The highest BCUT2D eigenvalue weighted by Gasteiger charge is 2.22. The number of hydrogen-bond donors (Lipinski definition) is 4. The van der Waals surface area contributed by atoms with Crippen molar-refractivity contribution in [1.29, 1.82) is 0 Å². The second-order valence-corrected chi connectivity index (χ2v) is 10.6. The second-order valence-electron chi connectivity index (χ2n) is 10.1. The van der Waals surface area contributed by atoms with Crippen molar-refractivity contribution >= 4 is 35.1 Å². The number of benzene rings is 4. The fourth-order valence-electron chi connectivity index (χ4n) is 4.41. The van der Waals surface area contributed by atoms with Crippen molar-refractivity contribution in [1.82, 2.24) is 5.32 Å². The van der Waals surface area contributed by atoms with Crippen LogP contribution >= 0.6 is 11.6 Å². The molecule has 0 bridgehead atoms. The van der Waals surface area contributed by atoms with Crippen LogP contribution in [-0.4, -0.2) is 35.0 Å². The van der Waals surface area contributed by atoms with Gasteiger partial charge in [0.05, 0.1) is 11.7 Å². The van der Waals surface area contributed by atoms with E-state index in [-0.39, 0.29) is 24.3 Å². The van der Waals surface area contributed by atoms with E-state index in [9.17, 15) is 19.5 Å². The molecule has 0 saturated heterocycles. The van der Waals surface area contributed by atoms with Crippen LogP contribution < -0.4 is 21.1 Å². The summed E-state index contributed by atoms with van der Waals surface area (Å²) >= 11 is 6.00.